The van der Waals surface area contributed by atoms with Crippen LogP contribution in [0.5, 0.6) is 0 Å². The maximum atomic E-state index is 11.8. The van der Waals surface area contributed by atoms with E-state index in [9.17, 15) is 4.79 Å². The van der Waals surface area contributed by atoms with Gasteiger partial charge in [-0.1, -0.05) is 41.4 Å². The van der Waals surface area contributed by atoms with E-state index in [1.165, 1.54) is 0 Å². The third kappa shape index (κ3) is 2.46. The van der Waals surface area contributed by atoms with Gasteiger partial charge in [-0.25, -0.2) is 0 Å². The number of carbonyl (C=O) groups is 1. The van der Waals surface area contributed by atoms with Crippen LogP contribution in [0.2, 0.25) is 10.0 Å². The predicted octanol–water partition coefficient (Wildman–Crippen LogP) is 3.76. The maximum absolute atomic E-state index is 11.8. The Balaban J connectivity index is 2.09. The van der Waals surface area contributed by atoms with Crippen molar-refractivity contribution in [1.82, 2.24) is 5.32 Å². The third-order valence-electron chi connectivity index (χ3n) is 3.28. The van der Waals surface area contributed by atoms with E-state index in [2.05, 4.69) is 5.32 Å². The molecule has 0 saturated carbocycles. The average Bonchev–Trinajstić information content (AvgIpc) is 2.39. The highest BCUT2D eigenvalue weighted by molar-refractivity contribution is 6.31. The Morgan fingerprint density at radius 3 is 2.42 bits per heavy atom. The zero-order valence-corrected chi connectivity index (χ0v) is 11.5. The second-order valence-corrected chi connectivity index (χ2v) is 5.44. The highest BCUT2D eigenvalue weighted by Crippen LogP contribution is 2.31. The predicted molar refractivity (Wildman–Crippen MR) is 76.6 cm³/mol. The van der Waals surface area contributed by atoms with Crippen LogP contribution in [0, 0.1) is 0 Å². The summed E-state index contributed by atoms with van der Waals surface area (Å²) in [6.45, 7) is 0. The highest BCUT2D eigenvalue weighted by Gasteiger charge is 2.25. The van der Waals surface area contributed by atoms with Crippen LogP contribution < -0.4 is 5.32 Å². The molecule has 2 nitrogen and oxygen atoms in total. The Bertz CT molecular complexity index is 637. The number of halogens is 2. The van der Waals surface area contributed by atoms with E-state index >= 15 is 0 Å². The summed E-state index contributed by atoms with van der Waals surface area (Å²) in [5.41, 5.74) is 3.07. The van der Waals surface area contributed by atoms with Crippen molar-refractivity contribution in [2.24, 2.45) is 0 Å². The first kappa shape index (κ1) is 12.5. The van der Waals surface area contributed by atoms with Crippen molar-refractivity contribution >= 4 is 29.1 Å². The number of amides is 1. The van der Waals surface area contributed by atoms with Crippen LogP contribution in [0.25, 0.3) is 0 Å². The summed E-state index contributed by atoms with van der Waals surface area (Å²) in [5, 5.41) is 4.35. The van der Waals surface area contributed by atoms with Crippen LogP contribution in [0.4, 0.5) is 0 Å². The molecule has 1 aliphatic rings. The molecule has 1 unspecified atom stereocenters. The molecule has 19 heavy (non-hydrogen) atoms. The van der Waals surface area contributed by atoms with Gasteiger partial charge in [0, 0.05) is 10.0 Å². The number of benzene rings is 2. The summed E-state index contributed by atoms with van der Waals surface area (Å²) >= 11 is 12.0. The Kier molecular flexibility index (Phi) is 3.21. The summed E-state index contributed by atoms with van der Waals surface area (Å²) in [4.78, 5) is 11.8. The molecule has 96 valence electrons. The fraction of sp³-hybridized carbons (Fsp3) is 0.133. The normalized spacial score (nSPS) is 17.8. The number of fused-ring (bicyclic) bond motifs is 1. The molecule has 1 amide bonds. The molecular weight excluding hydrogens is 281 g/mol. The molecule has 1 atom stereocenters. The monoisotopic (exact) mass is 291 g/mol. The quantitative estimate of drug-likeness (QED) is 0.852. The van der Waals surface area contributed by atoms with Gasteiger partial charge in [0.25, 0.3) is 0 Å². The fourth-order valence-corrected chi connectivity index (χ4v) is 2.68. The van der Waals surface area contributed by atoms with E-state index in [-0.39, 0.29) is 11.9 Å². The molecule has 0 saturated heterocycles. The first-order chi connectivity index (χ1) is 9.13. The van der Waals surface area contributed by atoms with E-state index in [0.29, 0.717) is 16.5 Å². The van der Waals surface area contributed by atoms with Crippen molar-refractivity contribution in [3.05, 3.63) is 69.2 Å². The highest BCUT2D eigenvalue weighted by atomic mass is 35.5. The number of rotatable bonds is 1. The van der Waals surface area contributed by atoms with Crippen molar-refractivity contribution in [2.75, 3.05) is 0 Å². The van der Waals surface area contributed by atoms with E-state index in [1.807, 2.05) is 42.5 Å². The van der Waals surface area contributed by atoms with Crippen LogP contribution >= 0.6 is 23.2 Å². The number of hydrogen-bond acceptors (Lipinski definition) is 1. The minimum atomic E-state index is -0.160. The molecule has 3 rings (SSSR count). The van der Waals surface area contributed by atoms with Crippen molar-refractivity contribution in [1.29, 1.82) is 0 Å². The lowest BCUT2D eigenvalue weighted by atomic mass is 9.89. The summed E-state index contributed by atoms with van der Waals surface area (Å²) in [6, 6.07) is 13.0. The molecule has 0 spiro atoms. The molecule has 2 aromatic carbocycles. The molecule has 0 radical (unpaired) electrons. The summed E-state index contributed by atoms with van der Waals surface area (Å²) in [7, 11) is 0. The molecule has 1 heterocycles. The lowest BCUT2D eigenvalue weighted by molar-refractivity contribution is -0.121. The molecule has 0 bridgehead atoms. The molecule has 0 aromatic heterocycles. The number of nitrogens with one attached hydrogen (secondary N) is 1. The van der Waals surface area contributed by atoms with E-state index in [4.69, 9.17) is 23.2 Å². The topological polar surface area (TPSA) is 29.1 Å². The van der Waals surface area contributed by atoms with Gasteiger partial charge >= 0.3 is 0 Å². The van der Waals surface area contributed by atoms with Gasteiger partial charge in [0.2, 0.25) is 5.91 Å². The van der Waals surface area contributed by atoms with Gasteiger partial charge in [-0.3, -0.25) is 4.79 Å². The van der Waals surface area contributed by atoms with Crippen LogP contribution in [0.1, 0.15) is 22.7 Å². The van der Waals surface area contributed by atoms with Gasteiger partial charge in [-0.05, 0) is 41.0 Å². The van der Waals surface area contributed by atoms with Crippen LogP contribution in [0.15, 0.2) is 42.5 Å². The number of carbonyl (C=O) groups excluding carboxylic acids is 1. The maximum Gasteiger partial charge on any atom is 0.225 e. The van der Waals surface area contributed by atoms with Crippen molar-refractivity contribution in [3.8, 4) is 0 Å². The van der Waals surface area contributed by atoms with Gasteiger partial charge in [0.1, 0.15) is 0 Å². The largest absolute Gasteiger partial charge is 0.345 e. The zero-order chi connectivity index (χ0) is 13.4. The summed E-state index contributed by atoms with van der Waals surface area (Å²) in [6.07, 6.45) is 0.399. The van der Waals surface area contributed by atoms with E-state index in [1.54, 1.807) is 0 Å². The van der Waals surface area contributed by atoms with E-state index in [0.717, 1.165) is 16.7 Å². The molecular formula is C15H11Cl2NO. The number of hydrogen-bond donors (Lipinski definition) is 1. The Hall–Kier alpha value is -1.51. The van der Waals surface area contributed by atoms with Crippen LogP contribution in [0.3, 0.4) is 0 Å². The second kappa shape index (κ2) is 4.87. The van der Waals surface area contributed by atoms with Crippen LogP contribution in [-0.4, -0.2) is 5.91 Å². The van der Waals surface area contributed by atoms with Crippen molar-refractivity contribution < 1.29 is 4.79 Å². The fourth-order valence-electron chi connectivity index (χ4n) is 2.38. The first-order valence-corrected chi connectivity index (χ1v) is 6.72. The Morgan fingerprint density at radius 1 is 1.00 bits per heavy atom. The summed E-state index contributed by atoms with van der Waals surface area (Å²) < 4.78 is 0. The van der Waals surface area contributed by atoms with E-state index < -0.39 is 0 Å². The SMILES string of the molecule is O=C1Cc2ccc(Cl)cc2C(c2ccc(Cl)cc2)N1. The lowest BCUT2D eigenvalue weighted by Crippen LogP contribution is -2.35. The zero-order valence-electron chi connectivity index (χ0n) is 9.99. The van der Waals surface area contributed by atoms with Gasteiger partial charge in [-0.2, -0.15) is 0 Å². The lowest BCUT2D eigenvalue weighted by Gasteiger charge is -2.27. The van der Waals surface area contributed by atoms with Gasteiger partial charge in [0.15, 0.2) is 0 Å². The van der Waals surface area contributed by atoms with Gasteiger partial charge in [0.05, 0.1) is 12.5 Å². The first-order valence-electron chi connectivity index (χ1n) is 5.96. The van der Waals surface area contributed by atoms with Gasteiger partial charge in [-0.15, -0.1) is 0 Å². The van der Waals surface area contributed by atoms with Crippen LogP contribution in [-0.2, 0) is 11.2 Å². The molecule has 4 heteroatoms. The second-order valence-electron chi connectivity index (χ2n) is 4.57. The molecule has 2 aromatic rings. The molecule has 0 aliphatic carbocycles. The Morgan fingerprint density at radius 2 is 1.68 bits per heavy atom. The molecule has 0 fully saturated rings. The van der Waals surface area contributed by atoms with Crippen molar-refractivity contribution in [2.45, 2.75) is 12.5 Å². The summed E-state index contributed by atoms with van der Waals surface area (Å²) in [5.74, 6) is 0.0229. The minimum absolute atomic E-state index is 0.0229. The van der Waals surface area contributed by atoms with Gasteiger partial charge < -0.3 is 5.32 Å². The van der Waals surface area contributed by atoms with Crippen molar-refractivity contribution in [3.63, 3.8) is 0 Å². The smallest absolute Gasteiger partial charge is 0.225 e. The standard InChI is InChI=1S/C15H11Cl2NO/c16-11-4-1-9(2-5-11)15-13-8-12(17)6-3-10(13)7-14(19)18-15/h1-6,8,15H,7H2,(H,18,19). The average molecular weight is 292 g/mol. The Labute approximate surface area is 121 Å². The molecule has 1 aliphatic heterocycles. The molecule has 1 N–H and O–H groups in total. The third-order valence-corrected chi connectivity index (χ3v) is 3.77. The minimum Gasteiger partial charge on any atom is -0.345 e.